The predicted octanol–water partition coefficient (Wildman–Crippen LogP) is 2.35. The molecule has 0 aromatic carbocycles. The van der Waals surface area contributed by atoms with Crippen LogP contribution in [-0.2, 0) is 0 Å². The first-order chi connectivity index (χ1) is 10.7. The van der Waals surface area contributed by atoms with E-state index in [1.807, 2.05) is 12.1 Å². The average molecular weight is 316 g/mol. The number of aromatic nitrogens is 2. The van der Waals surface area contributed by atoms with Gasteiger partial charge in [-0.1, -0.05) is 0 Å². The van der Waals surface area contributed by atoms with E-state index < -0.39 is 0 Å². The fraction of sp³-hybridized carbons (Fsp3) is 0.500. The van der Waals surface area contributed by atoms with Crippen LogP contribution in [0.15, 0.2) is 24.7 Å². The van der Waals surface area contributed by atoms with Crippen molar-refractivity contribution in [1.82, 2.24) is 20.2 Å². The minimum absolute atomic E-state index is 0.0568. The van der Waals surface area contributed by atoms with E-state index in [9.17, 15) is 4.79 Å². The Bertz CT molecular complexity index is 656. The Morgan fingerprint density at radius 1 is 1.41 bits per heavy atom. The number of thiophene rings is 1. The van der Waals surface area contributed by atoms with E-state index >= 15 is 0 Å². The lowest BCUT2D eigenvalue weighted by atomic mass is 9.79. The maximum absolute atomic E-state index is 12.6. The van der Waals surface area contributed by atoms with Crippen molar-refractivity contribution in [2.24, 2.45) is 5.92 Å². The Labute approximate surface area is 133 Å². The number of H-pyrrole nitrogens is 1. The molecule has 5 nitrogen and oxygen atoms in total. The molecule has 116 valence electrons. The Morgan fingerprint density at radius 2 is 2.23 bits per heavy atom. The van der Waals surface area contributed by atoms with Gasteiger partial charge in [-0.25, -0.2) is 4.98 Å². The summed E-state index contributed by atoms with van der Waals surface area (Å²) in [4.78, 5) is 24.0. The lowest BCUT2D eigenvalue weighted by molar-refractivity contribution is 0.0218. The second-order valence-electron chi connectivity index (χ2n) is 6.24. The molecule has 0 unspecified atom stereocenters. The SMILES string of the molecule is C[C@H]1[C@H](NC(=O)c2ccc(-c3cnc[nH]3)s2)C2CCN1CC2. The van der Waals surface area contributed by atoms with Gasteiger partial charge in [0.2, 0.25) is 0 Å². The highest BCUT2D eigenvalue weighted by Crippen LogP contribution is 2.33. The molecule has 2 aromatic rings. The highest BCUT2D eigenvalue weighted by molar-refractivity contribution is 7.17. The first kappa shape index (κ1) is 14.0. The zero-order valence-electron chi connectivity index (χ0n) is 12.6. The second-order valence-corrected chi connectivity index (χ2v) is 7.33. The van der Waals surface area contributed by atoms with Gasteiger partial charge in [0.25, 0.3) is 5.91 Å². The van der Waals surface area contributed by atoms with E-state index in [2.05, 4.69) is 27.1 Å². The standard InChI is InChI=1S/C16H20N4OS/c1-10-15(11-4-6-20(10)7-5-11)19-16(21)14-3-2-13(22-14)12-8-17-9-18-12/h2-3,8-11,15H,4-7H2,1H3,(H,17,18)(H,19,21)/t10-,15-/m0/s1. The summed E-state index contributed by atoms with van der Waals surface area (Å²) in [6.07, 6.45) is 5.85. The molecule has 2 N–H and O–H groups in total. The van der Waals surface area contributed by atoms with E-state index in [1.54, 1.807) is 12.5 Å². The van der Waals surface area contributed by atoms with Gasteiger partial charge in [-0.05, 0) is 50.9 Å². The molecule has 0 saturated carbocycles. The van der Waals surface area contributed by atoms with Gasteiger partial charge in [0.05, 0.1) is 28.0 Å². The van der Waals surface area contributed by atoms with E-state index in [4.69, 9.17) is 0 Å². The fourth-order valence-electron chi connectivity index (χ4n) is 3.76. The summed E-state index contributed by atoms with van der Waals surface area (Å²) < 4.78 is 0. The predicted molar refractivity (Wildman–Crippen MR) is 86.9 cm³/mol. The first-order valence-electron chi connectivity index (χ1n) is 7.86. The lowest BCUT2D eigenvalue weighted by Gasteiger charge is -2.49. The Hall–Kier alpha value is -1.66. The van der Waals surface area contributed by atoms with Gasteiger partial charge in [-0.2, -0.15) is 0 Å². The topological polar surface area (TPSA) is 61.0 Å². The summed E-state index contributed by atoms with van der Waals surface area (Å²) in [6.45, 7) is 4.60. The molecule has 2 bridgehead atoms. The Kier molecular flexibility index (Phi) is 3.50. The summed E-state index contributed by atoms with van der Waals surface area (Å²) in [7, 11) is 0. The summed E-state index contributed by atoms with van der Waals surface area (Å²) in [6, 6.07) is 4.62. The number of piperidine rings is 3. The number of hydrogen-bond acceptors (Lipinski definition) is 4. The third kappa shape index (κ3) is 2.36. The van der Waals surface area contributed by atoms with Gasteiger partial charge >= 0.3 is 0 Å². The number of fused-ring (bicyclic) bond motifs is 3. The number of amides is 1. The number of carbonyl (C=O) groups is 1. The highest BCUT2D eigenvalue weighted by atomic mass is 32.1. The largest absolute Gasteiger partial charge is 0.347 e. The van der Waals surface area contributed by atoms with Crippen LogP contribution in [0.4, 0.5) is 0 Å². The molecule has 2 aromatic heterocycles. The minimum Gasteiger partial charge on any atom is -0.347 e. The van der Waals surface area contributed by atoms with Crippen LogP contribution in [0, 0.1) is 5.92 Å². The third-order valence-electron chi connectivity index (χ3n) is 5.07. The summed E-state index contributed by atoms with van der Waals surface area (Å²) in [5.41, 5.74) is 0.959. The van der Waals surface area contributed by atoms with Crippen LogP contribution in [0.5, 0.6) is 0 Å². The van der Waals surface area contributed by atoms with Gasteiger partial charge in [0.15, 0.2) is 0 Å². The van der Waals surface area contributed by atoms with Crippen molar-refractivity contribution in [2.75, 3.05) is 13.1 Å². The maximum Gasteiger partial charge on any atom is 0.261 e. The van der Waals surface area contributed by atoms with Crippen LogP contribution in [-0.4, -0.2) is 45.9 Å². The van der Waals surface area contributed by atoms with Gasteiger partial charge in [-0.15, -0.1) is 11.3 Å². The maximum atomic E-state index is 12.6. The molecule has 3 fully saturated rings. The van der Waals surface area contributed by atoms with Crippen molar-refractivity contribution in [3.05, 3.63) is 29.5 Å². The summed E-state index contributed by atoms with van der Waals surface area (Å²) in [5.74, 6) is 0.692. The van der Waals surface area contributed by atoms with Crippen LogP contribution in [0.2, 0.25) is 0 Å². The van der Waals surface area contributed by atoms with Crippen LogP contribution in [0.1, 0.15) is 29.4 Å². The molecule has 0 spiro atoms. The second kappa shape index (κ2) is 5.52. The van der Waals surface area contributed by atoms with Gasteiger partial charge in [0.1, 0.15) is 0 Å². The molecular weight excluding hydrogens is 296 g/mol. The Morgan fingerprint density at radius 3 is 2.91 bits per heavy atom. The van der Waals surface area contributed by atoms with Crippen molar-refractivity contribution >= 4 is 17.2 Å². The van der Waals surface area contributed by atoms with Crippen LogP contribution >= 0.6 is 11.3 Å². The van der Waals surface area contributed by atoms with Gasteiger partial charge < -0.3 is 10.3 Å². The average Bonchev–Trinajstić information content (AvgIpc) is 3.21. The molecule has 5 rings (SSSR count). The lowest BCUT2D eigenvalue weighted by Crippen LogP contribution is -2.62. The van der Waals surface area contributed by atoms with Crippen LogP contribution in [0.3, 0.4) is 0 Å². The smallest absolute Gasteiger partial charge is 0.261 e. The molecule has 0 aliphatic carbocycles. The zero-order chi connectivity index (χ0) is 15.1. The fourth-order valence-corrected chi connectivity index (χ4v) is 4.65. The van der Waals surface area contributed by atoms with Crippen molar-refractivity contribution in [3.63, 3.8) is 0 Å². The number of aromatic amines is 1. The Balaban J connectivity index is 1.48. The van der Waals surface area contributed by atoms with Gasteiger partial charge in [0, 0.05) is 12.1 Å². The van der Waals surface area contributed by atoms with E-state index in [0.29, 0.717) is 12.0 Å². The zero-order valence-corrected chi connectivity index (χ0v) is 13.4. The number of carbonyl (C=O) groups excluding carboxylic acids is 1. The van der Waals surface area contributed by atoms with Crippen molar-refractivity contribution in [1.29, 1.82) is 0 Å². The quantitative estimate of drug-likeness (QED) is 0.914. The summed E-state index contributed by atoms with van der Waals surface area (Å²) in [5, 5.41) is 3.28. The molecule has 5 heterocycles. The molecule has 6 heteroatoms. The van der Waals surface area contributed by atoms with Crippen LogP contribution < -0.4 is 5.32 Å². The number of hydrogen-bond donors (Lipinski definition) is 2. The highest BCUT2D eigenvalue weighted by Gasteiger charge is 2.40. The van der Waals surface area contributed by atoms with Crippen molar-refractivity contribution in [3.8, 4) is 10.6 Å². The molecule has 0 radical (unpaired) electrons. The first-order valence-corrected chi connectivity index (χ1v) is 8.67. The molecule has 2 atom stereocenters. The number of nitrogens with one attached hydrogen (secondary N) is 2. The van der Waals surface area contributed by atoms with Crippen molar-refractivity contribution < 1.29 is 4.79 Å². The molecular formula is C16H20N4OS. The molecule has 3 aliphatic heterocycles. The number of imidazole rings is 1. The number of rotatable bonds is 3. The molecule has 3 saturated heterocycles. The van der Waals surface area contributed by atoms with E-state index in [0.717, 1.165) is 15.4 Å². The van der Waals surface area contributed by atoms with Gasteiger partial charge in [-0.3, -0.25) is 9.69 Å². The number of nitrogens with zero attached hydrogens (tertiary/aromatic N) is 2. The third-order valence-corrected chi connectivity index (χ3v) is 6.19. The van der Waals surface area contributed by atoms with Crippen LogP contribution in [0.25, 0.3) is 10.6 Å². The van der Waals surface area contributed by atoms with E-state index in [-0.39, 0.29) is 11.9 Å². The molecule has 1 amide bonds. The monoisotopic (exact) mass is 316 g/mol. The van der Waals surface area contributed by atoms with E-state index in [1.165, 1.54) is 37.3 Å². The summed E-state index contributed by atoms with van der Waals surface area (Å²) >= 11 is 1.51. The molecule has 22 heavy (non-hydrogen) atoms. The molecule has 3 aliphatic rings. The van der Waals surface area contributed by atoms with Crippen molar-refractivity contribution in [2.45, 2.75) is 31.8 Å². The normalized spacial score (nSPS) is 30.4. The minimum atomic E-state index is 0.0568.